The number of benzene rings is 1. The molecule has 1 amide bonds. The Bertz CT molecular complexity index is 431. The third kappa shape index (κ3) is 4.45. The highest BCUT2D eigenvalue weighted by Crippen LogP contribution is 2.13. The molecule has 5 nitrogen and oxygen atoms in total. The maximum Gasteiger partial charge on any atom is 0.307 e. The molecule has 1 aromatic carbocycles. The Morgan fingerprint density at radius 1 is 1.39 bits per heavy atom. The lowest BCUT2D eigenvalue weighted by Gasteiger charge is -2.15. The first kappa shape index (κ1) is 14.0. The second-order valence-corrected chi connectivity index (χ2v) is 3.91. The number of hydrogen-bond acceptors (Lipinski definition) is 3. The molecule has 1 N–H and O–H groups in total. The second kappa shape index (κ2) is 6.64. The zero-order valence-electron chi connectivity index (χ0n) is 10.5. The van der Waals surface area contributed by atoms with Crippen molar-refractivity contribution in [2.75, 3.05) is 20.2 Å². The van der Waals surface area contributed by atoms with Crippen LogP contribution in [0.2, 0.25) is 0 Å². The Morgan fingerprint density at radius 3 is 2.72 bits per heavy atom. The van der Waals surface area contributed by atoms with Gasteiger partial charge in [-0.1, -0.05) is 12.1 Å². The van der Waals surface area contributed by atoms with E-state index in [-0.39, 0.29) is 18.9 Å². The van der Waals surface area contributed by atoms with Crippen molar-refractivity contribution < 1.29 is 19.4 Å². The molecule has 0 saturated carbocycles. The van der Waals surface area contributed by atoms with Gasteiger partial charge in [0.25, 0.3) is 5.91 Å². The Hall–Kier alpha value is -2.04. The zero-order valence-corrected chi connectivity index (χ0v) is 10.5. The Balaban J connectivity index is 2.57. The molecule has 5 heteroatoms. The molecule has 0 aliphatic rings. The van der Waals surface area contributed by atoms with Crippen LogP contribution in [0, 0.1) is 0 Å². The first-order valence-electron chi connectivity index (χ1n) is 5.70. The van der Waals surface area contributed by atoms with Gasteiger partial charge in [0, 0.05) is 13.6 Å². The molecule has 0 fully saturated rings. The third-order valence-electron chi connectivity index (χ3n) is 2.52. The van der Waals surface area contributed by atoms with Gasteiger partial charge in [0.1, 0.15) is 5.75 Å². The quantitative estimate of drug-likeness (QED) is 0.824. The monoisotopic (exact) mass is 251 g/mol. The molecular weight excluding hydrogens is 234 g/mol. The van der Waals surface area contributed by atoms with Gasteiger partial charge in [-0.15, -0.1) is 0 Å². The normalized spacial score (nSPS) is 9.89. The highest BCUT2D eigenvalue weighted by atomic mass is 16.5. The van der Waals surface area contributed by atoms with Crippen LogP contribution in [-0.2, 0) is 16.0 Å². The van der Waals surface area contributed by atoms with E-state index in [1.165, 1.54) is 0 Å². The SMILES string of the molecule is CCN(C)C(=O)COc1cccc(CC(=O)O)c1. The molecule has 0 aromatic heterocycles. The van der Waals surface area contributed by atoms with Crippen molar-refractivity contribution in [2.45, 2.75) is 13.3 Å². The molecule has 0 unspecified atom stereocenters. The molecule has 1 rings (SSSR count). The standard InChI is InChI=1S/C13H17NO4/c1-3-14(2)12(15)9-18-11-6-4-5-10(7-11)8-13(16)17/h4-7H,3,8-9H2,1-2H3,(H,16,17). The first-order chi connectivity index (χ1) is 8.52. The molecule has 0 atom stereocenters. The molecule has 0 aliphatic carbocycles. The van der Waals surface area contributed by atoms with Gasteiger partial charge in [0.2, 0.25) is 0 Å². The summed E-state index contributed by atoms with van der Waals surface area (Å²) in [7, 11) is 1.70. The Kier molecular flexibility index (Phi) is 5.17. The fourth-order valence-electron chi connectivity index (χ4n) is 1.35. The second-order valence-electron chi connectivity index (χ2n) is 3.91. The van der Waals surface area contributed by atoms with Crippen molar-refractivity contribution in [2.24, 2.45) is 0 Å². The fraction of sp³-hybridized carbons (Fsp3) is 0.385. The first-order valence-corrected chi connectivity index (χ1v) is 5.70. The van der Waals surface area contributed by atoms with E-state index in [0.717, 1.165) is 0 Å². The minimum atomic E-state index is -0.894. The summed E-state index contributed by atoms with van der Waals surface area (Å²) in [6, 6.07) is 6.75. The van der Waals surface area contributed by atoms with Crippen molar-refractivity contribution in [1.29, 1.82) is 0 Å². The number of rotatable bonds is 6. The van der Waals surface area contributed by atoms with Gasteiger partial charge < -0.3 is 14.7 Å². The number of carbonyl (C=O) groups is 2. The maximum absolute atomic E-state index is 11.5. The van der Waals surface area contributed by atoms with Crippen molar-refractivity contribution in [3.8, 4) is 5.75 Å². The molecule has 0 heterocycles. The van der Waals surface area contributed by atoms with E-state index in [2.05, 4.69) is 0 Å². The Labute approximate surface area is 106 Å². The predicted molar refractivity (Wildman–Crippen MR) is 66.6 cm³/mol. The van der Waals surface area contributed by atoms with Gasteiger partial charge in [0.05, 0.1) is 6.42 Å². The number of carbonyl (C=O) groups excluding carboxylic acids is 1. The molecule has 0 radical (unpaired) electrons. The lowest BCUT2D eigenvalue weighted by atomic mass is 10.1. The van der Waals surface area contributed by atoms with Gasteiger partial charge in [-0.25, -0.2) is 0 Å². The molecule has 98 valence electrons. The molecule has 18 heavy (non-hydrogen) atoms. The summed E-state index contributed by atoms with van der Waals surface area (Å²) >= 11 is 0. The summed E-state index contributed by atoms with van der Waals surface area (Å²) in [4.78, 5) is 23.6. The van der Waals surface area contributed by atoms with E-state index in [1.807, 2.05) is 6.92 Å². The van der Waals surface area contributed by atoms with Crippen LogP contribution in [0.25, 0.3) is 0 Å². The Morgan fingerprint density at radius 2 is 2.11 bits per heavy atom. The number of likely N-dealkylation sites (N-methyl/N-ethyl adjacent to an activating group) is 1. The van der Waals surface area contributed by atoms with Crippen LogP contribution in [0.15, 0.2) is 24.3 Å². The zero-order chi connectivity index (χ0) is 13.5. The van der Waals surface area contributed by atoms with Crippen molar-refractivity contribution in [1.82, 2.24) is 4.90 Å². The van der Waals surface area contributed by atoms with Gasteiger partial charge in [-0.3, -0.25) is 9.59 Å². The van der Waals surface area contributed by atoms with E-state index in [4.69, 9.17) is 9.84 Å². The molecule has 0 saturated heterocycles. The smallest absolute Gasteiger partial charge is 0.307 e. The number of hydrogen-bond donors (Lipinski definition) is 1. The van der Waals surface area contributed by atoms with Gasteiger partial charge in [-0.2, -0.15) is 0 Å². The minimum absolute atomic E-state index is 0.0408. The molecule has 1 aromatic rings. The number of carboxylic acid groups (broad SMARTS) is 1. The van der Waals surface area contributed by atoms with E-state index in [0.29, 0.717) is 17.9 Å². The third-order valence-corrected chi connectivity index (χ3v) is 2.52. The van der Waals surface area contributed by atoms with Gasteiger partial charge in [0.15, 0.2) is 6.61 Å². The number of carboxylic acids is 1. The summed E-state index contributed by atoms with van der Waals surface area (Å²) in [5, 5.41) is 8.68. The van der Waals surface area contributed by atoms with Crippen LogP contribution in [-0.4, -0.2) is 42.1 Å². The van der Waals surface area contributed by atoms with Gasteiger partial charge >= 0.3 is 5.97 Å². The summed E-state index contributed by atoms with van der Waals surface area (Å²) in [6.45, 7) is 2.47. The molecule has 0 spiro atoms. The average molecular weight is 251 g/mol. The van der Waals surface area contributed by atoms with Crippen LogP contribution in [0.1, 0.15) is 12.5 Å². The highest BCUT2D eigenvalue weighted by Gasteiger charge is 2.08. The van der Waals surface area contributed by atoms with Crippen LogP contribution in [0.4, 0.5) is 0 Å². The number of aliphatic carboxylic acids is 1. The number of ether oxygens (including phenoxy) is 1. The van der Waals surface area contributed by atoms with Crippen molar-refractivity contribution in [3.05, 3.63) is 29.8 Å². The molecular formula is C13H17NO4. The molecule has 0 bridgehead atoms. The highest BCUT2D eigenvalue weighted by molar-refractivity contribution is 5.77. The topological polar surface area (TPSA) is 66.8 Å². The lowest BCUT2D eigenvalue weighted by molar-refractivity contribution is -0.136. The van der Waals surface area contributed by atoms with E-state index >= 15 is 0 Å². The lowest BCUT2D eigenvalue weighted by Crippen LogP contribution is -2.31. The maximum atomic E-state index is 11.5. The van der Waals surface area contributed by atoms with Gasteiger partial charge in [-0.05, 0) is 24.6 Å². The largest absolute Gasteiger partial charge is 0.484 e. The van der Waals surface area contributed by atoms with Crippen LogP contribution >= 0.6 is 0 Å². The van der Waals surface area contributed by atoms with Crippen molar-refractivity contribution >= 4 is 11.9 Å². The van der Waals surface area contributed by atoms with E-state index in [9.17, 15) is 9.59 Å². The van der Waals surface area contributed by atoms with Crippen LogP contribution in [0.5, 0.6) is 5.75 Å². The number of nitrogens with zero attached hydrogens (tertiary/aromatic N) is 1. The van der Waals surface area contributed by atoms with Crippen LogP contribution in [0.3, 0.4) is 0 Å². The van der Waals surface area contributed by atoms with E-state index < -0.39 is 5.97 Å². The fourth-order valence-corrected chi connectivity index (χ4v) is 1.35. The summed E-state index contributed by atoms with van der Waals surface area (Å²) < 4.78 is 5.33. The number of amides is 1. The minimum Gasteiger partial charge on any atom is -0.484 e. The predicted octanol–water partition coefficient (Wildman–Crippen LogP) is 1.17. The van der Waals surface area contributed by atoms with E-state index in [1.54, 1.807) is 36.2 Å². The van der Waals surface area contributed by atoms with Crippen molar-refractivity contribution in [3.63, 3.8) is 0 Å². The summed E-state index contributed by atoms with van der Waals surface area (Å²) in [6.07, 6.45) is -0.0555. The summed E-state index contributed by atoms with van der Waals surface area (Å²) in [5.74, 6) is -0.498. The summed E-state index contributed by atoms with van der Waals surface area (Å²) in [5.41, 5.74) is 0.649. The average Bonchev–Trinajstić information content (AvgIpc) is 2.34. The molecule has 0 aliphatic heterocycles. The van der Waals surface area contributed by atoms with Crippen LogP contribution < -0.4 is 4.74 Å².